The third-order valence-electron chi connectivity index (χ3n) is 8.46. The summed E-state index contributed by atoms with van der Waals surface area (Å²) in [7, 11) is -0.439. The Kier molecular flexibility index (Phi) is 6.73. The number of ether oxygens (including phenoxy) is 1. The van der Waals surface area contributed by atoms with Gasteiger partial charge in [0.1, 0.15) is 12.4 Å². The number of piperidine rings is 1. The predicted octanol–water partition coefficient (Wildman–Crippen LogP) is 4.68. The van der Waals surface area contributed by atoms with Gasteiger partial charge in [0, 0.05) is 24.4 Å². The molecule has 0 N–H and O–H groups in total. The minimum atomic E-state index is -0.439. The molecule has 0 aromatic heterocycles. The van der Waals surface area contributed by atoms with Crippen LogP contribution in [0.15, 0.2) is 54.6 Å². The molecule has 5 rings (SSSR count). The SMILES string of the molecule is CC1(C)OB(c2cccc(CC(=O)C3CC4CCC(C3)N4C(=O)OCc3ccccc3)c2)OC1(C)C. The van der Waals surface area contributed by atoms with E-state index in [-0.39, 0.29) is 36.5 Å². The quantitative estimate of drug-likeness (QED) is 0.552. The van der Waals surface area contributed by atoms with Crippen molar-refractivity contribution in [1.82, 2.24) is 4.90 Å². The van der Waals surface area contributed by atoms with Crippen molar-refractivity contribution in [3.8, 4) is 0 Å². The molecule has 190 valence electrons. The summed E-state index contributed by atoms with van der Waals surface area (Å²) in [5, 5.41) is 0. The molecule has 7 heteroatoms. The van der Waals surface area contributed by atoms with E-state index in [4.69, 9.17) is 14.0 Å². The fourth-order valence-corrected chi connectivity index (χ4v) is 5.71. The molecule has 36 heavy (non-hydrogen) atoms. The minimum Gasteiger partial charge on any atom is -0.445 e. The topological polar surface area (TPSA) is 65.1 Å². The first-order chi connectivity index (χ1) is 17.1. The Hall–Kier alpha value is -2.64. The highest BCUT2D eigenvalue weighted by Gasteiger charge is 2.51. The summed E-state index contributed by atoms with van der Waals surface area (Å²) in [5.41, 5.74) is 2.09. The number of hydrogen-bond donors (Lipinski definition) is 0. The molecule has 2 unspecified atom stereocenters. The zero-order chi connectivity index (χ0) is 25.5. The van der Waals surface area contributed by atoms with Crippen LogP contribution in [0.25, 0.3) is 0 Å². The van der Waals surface area contributed by atoms with Crippen molar-refractivity contribution in [3.63, 3.8) is 0 Å². The standard InChI is InChI=1S/C29H36BNO5/c1-28(2)29(3,4)36-30(35-28)23-12-8-11-21(15-23)16-26(32)22-17-24-13-14-25(18-22)31(24)27(33)34-19-20-9-6-5-7-10-20/h5-12,15,22,24-25H,13-14,16-19H2,1-4H3. The van der Waals surface area contributed by atoms with E-state index in [0.717, 1.165) is 29.4 Å². The minimum absolute atomic E-state index is 0.0267. The van der Waals surface area contributed by atoms with Gasteiger partial charge in [0.2, 0.25) is 0 Å². The Morgan fingerprint density at radius 3 is 2.17 bits per heavy atom. The zero-order valence-corrected chi connectivity index (χ0v) is 21.7. The second-order valence-electron chi connectivity index (χ2n) is 11.5. The van der Waals surface area contributed by atoms with Gasteiger partial charge in [0.05, 0.1) is 11.2 Å². The van der Waals surface area contributed by atoms with Crippen LogP contribution in [0.5, 0.6) is 0 Å². The van der Waals surface area contributed by atoms with Crippen LogP contribution in [-0.2, 0) is 31.9 Å². The molecule has 2 aromatic rings. The van der Waals surface area contributed by atoms with Crippen molar-refractivity contribution >= 4 is 24.5 Å². The summed E-state index contributed by atoms with van der Waals surface area (Å²) >= 11 is 0. The summed E-state index contributed by atoms with van der Waals surface area (Å²) in [6, 6.07) is 17.9. The molecule has 2 atom stereocenters. The van der Waals surface area contributed by atoms with Gasteiger partial charge in [0.15, 0.2) is 0 Å². The van der Waals surface area contributed by atoms with Crippen molar-refractivity contribution in [1.29, 1.82) is 0 Å². The van der Waals surface area contributed by atoms with Gasteiger partial charge in [-0.15, -0.1) is 0 Å². The Bertz CT molecular complexity index is 1090. The largest absolute Gasteiger partial charge is 0.494 e. The Morgan fingerprint density at radius 2 is 1.53 bits per heavy atom. The van der Waals surface area contributed by atoms with Gasteiger partial charge < -0.3 is 18.9 Å². The number of benzene rings is 2. The summed E-state index contributed by atoms with van der Waals surface area (Å²) in [6.45, 7) is 8.44. The summed E-state index contributed by atoms with van der Waals surface area (Å²) in [4.78, 5) is 28.1. The zero-order valence-electron chi connectivity index (χ0n) is 21.7. The molecular weight excluding hydrogens is 453 g/mol. The van der Waals surface area contributed by atoms with Crippen LogP contribution < -0.4 is 5.46 Å². The first kappa shape index (κ1) is 25.0. The highest BCUT2D eigenvalue weighted by Crippen LogP contribution is 2.40. The van der Waals surface area contributed by atoms with Crippen molar-refractivity contribution in [2.75, 3.05) is 0 Å². The summed E-state index contributed by atoms with van der Waals surface area (Å²) in [6.07, 6.45) is 3.43. The molecule has 6 nitrogen and oxygen atoms in total. The fraction of sp³-hybridized carbons (Fsp3) is 0.517. The molecule has 0 aliphatic carbocycles. The highest BCUT2D eigenvalue weighted by molar-refractivity contribution is 6.62. The van der Waals surface area contributed by atoms with Crippen LogP contribution in [0.3, 0.4) is 0 Å². The second kappa shape index (κ2) is 9.68. The lowest BCUT2D eigenvalue weighted by molar-refractivity contribution is -0.124. The maximum atomic E-state index is 13.3. The first-order valence-corrected chi connectivity index (χ1v) is 13.1. The summed E-state index contributed by atoms with van der Waals surface area (Å²) < 4.78 is 18.0. The van der Waals surface area contributed by atoms with E-state index >= 15 is 0 Å². The smallest absolute Gasteiger partial charge is 0.445 e. The van der Waals surface area contributed by atoms with E-state index in [2.05, 4.69) is 0 Å². The lowest BCUT2D eigenvalue weighted by Gasteiger charge is -2.37. The fourth-order valence-electron chi connectivity index (χ4n) is 5.71. The molecule has 2 aromatic carbocycles. The van der Waals surface area contributed by atoms with Gasteiger partial charge in [-0.2, -0.15) is 0 Å². The third kappa shape index (κ3) is 4.96. The van der Waals surface area contributed by atoms with Crippen LogP contribution in [-0.4, -0.2) is 47.2 Å². The molecule has 3 aliphatic rings. The molecule has 1 amide bonds. The number of nitrogens with zero attached hydrogens (tertiary/aromatic N) is 1. The molecule has 3 aliphatic heterocycles. The van der Waals surface area contributed by atoms with Gasteiger partial charge in [-0.05, 0) is 70.0 Å². The van der Waals surface area contributed by atoms with E-state index in [9.17, 15) is 9.59 Å². The number of Topliss-reactive ketones (excluding diaryl/α,β-unsaturated/α-hetero) is 1. The molecule has 3 saturated heterocycles. The van der Waals surface area contributed by atoms with E-state index in [0.29, 0.717) is 19.3 Å². The van der Waals surface area contributed by atoms with E-state index in [1.165, 1.54) is 0 Å². The van der Waals surface area contributed by atoms with Crippen molar-refractivity contribution in [2.45, 2.75) is 89.7 Å². The van der Waals surface area contributed by atoms with E-state index < -0.39 is 18.3 Å². The van der Waals surface area contributed by atoms with Crippen molar-refractivity contribution < 1.29 is 23.6 Å². The molecular formula is C29H36BNO5. The van der Waals surface area contributed by atoms with E-state index in [1.54, 1.807) is 0 Å². The Labute approximate surface area is 214 Å². The lowest BCUT2D eigenvalue weighted by Crippen LogP contribution is -2.48. The molecule has 0 spiro atoms. The second-order valence-corrected chi connectivity index (χ2v) is 11.5. The number of amides is 1. The highest BCUT2D eigenvalue weighted by atomic mass is 16.7. The van der Waals surface area contributed by atoms with Crippen LogP contribution in [0, 0.1) is 5.92 Å². The maximum absolute atomic E-state index is 13.3. The van der Waals surface area contributed by atoms with Crippen molar-refractivity contribution in [3.05, 3.63) is 65.7 Å². The Morgan fingerprint density at radius 1 is 0.917 bits per heavy atom. The number of ketones is 1. The lowest BCUT2D eigenvalue weighted by atomic mass is 9.77. The number of carbonyl (C=O) groups is 2. The molecule has 3 fully saturated rings. The van der Waals surface area contributed by atoms with Gasteiger partial charge in [0.25, 0.3) is 0 Å². The third-order valence-corrected chi connectivity index (χ3v) is 8.46. The number of hydrogen-bond acceptors (Lipinski definition) is 5. The molecule has 3 heterocycles. The van der Waals surface area contributed by atoms with Crippen LogP contribution in [0.1, 0.15) is 64.5 Å². The van der Waals surface area contributed by atoms with Crippen molar-refractivity contribution in [2.24, 2.45) is 5.92 Å². The van der Waals surface area contributed by atoms with Gasteiger partial charge in [-0.3, -0.25) is 4.79 Å². The number of fused-ring (bicyclic) bond motifs is 2. The molecule has 2 bridgehead atoms. The number of carbonyl (C=O) groups excluding carboxylic acids is 2. The van der Waals surface area contributed by atoms with Crippen LogP contribution in [0.2, 0.25) is 0 Å². The maximum Gasteiger partial charge on any atom is 0.494 e. The predicted molar refractivity (Wildman–Crippen MR) is 139 cm³/mol. The van der Waals surface area contributed by atoms with Gasteiger partial charge in [-0.25, -0.2) is 4.79 Å². The monoisotopic (exact) mass is 489 g/mol. The number of rotatable bonds is 6. The van der Waals surface area contributed by atoms with Crippen LogP contribution in [0.4, 0.5) is 4.79 Å². The average molecular weight is 489 g/mol. The van der Waals surface area contributed by atoms with Crippen LogP contribution >= 0.6 is 0 Å². The summed E-state index contributed by atoms with van der Waals surface area (Å²) in [5.74, 6) is 0.219. The average Bonchev–Trinajstić information content (AvgIpc) is 3.24. The normalized spacial score (nSPS) is 26.2. The molecule has 0 radical (unpaired) electrons. The van der Waals surface area contributed by atoms with Gasteiger partial charge in [-0.1, -0.05) is 54.6 Å². The van der Waals surface area contributed by atoms with Gasteiger partial charge >= 0.3 is 13.2 Å². The van der Waals surface area contributed by atoms with E-state index in [1.807, 2.05) is 87.2 Å². The molecule has 0 saturated carbocycles. The Balaban J connectivity index is 1.18. The first-order valence-electron chi connectivity index (χ1n) is 13.1.